The van der Waals surface area contributed by atoms with Crippen molar-refractivity contribution in [2.45, 2.75) is 32.6 Å². The normalized spacial score (nSPS) is 15.9. The van der Waals surface area contributed by atoms with Crippen molar-refractivity contribution >= 4 is 17.4 Å². The molecular formula is C29H31N3O2. The van der Waals surface area contributed by atoms with Gasteiger partial charge in [0.1, 0.15) is 17.3 Å². The van der Waals surface area contributed by atoms with E-state index in [2.05, 4.69) is 43.9 Å². The lowest BCUT2D eigenvalue weighted by atomic mass is 9.86. The van der Waals surface area contributed by atoms with Gasteiger partial charge in [0, 0.05) is 31.7 Å². The van der Waals surface area contributed by atoms with Crippen molar-refractivity contribution in [2.24, 2.45) is 4.99 Å². The van der Waals surface area contributed by atoms with Crippen molar-refractivity contribution in [3.63, 3.8) is 0 Å². The van der Waals surface area contributed by atoms with Crippen molar-refractivity contribution in [3.8, 4) is 11.5 Å². The van der Waals surface area contributed by atoms with Gasteiger partial charge in [-0.3, -0.25) is 4.79 Å². The molecule has 2 heterocycles. The SMILES string of the molecule is CC(C)(C)c1ccc(C(=O)N2CCCN(C3=Nc4ccccc4Oc4ccccc43)CC2)cc1. The molecule has 0 bridgehead atoms. The fourth-order valence-corrected chi connectivity index (χ4v) is 4.54. The topological polar surface area (TPSA) is 45.1 Å². The third-order valence-electron chi connectivity index (χ3n) is 6.52. The number of carbonyl (C=O) groups excluding carboxylic acids is 1. The van der Waals surface area contributed by atoms with Crippen LogP contribution in [0.4, 0.5) is 5.69 Å². The van der Waals surface area contributed by atoms with Crippen LogP contribution in [-0.4, -0.2) is 47.7 Å². The van der Waals surface area contributed by atoms with E-state index in [9.17, 15) is 4.79 Å². The fraction of sp³-hybridized carbons (Fsp3) is 0.310. The van der Waals surface area contributed by atoms with Gasteiger partial charge >= 0.3 is 0 Å². The Balaban J connectivity index is 1.37. The van der Waals surface area contributed by atoms with E-state index < -0.39 is 0 Å². The number of aliphatic imine (C=N–C) groups is 1. The van der Waals surface area contributed by atoms with Crippen LogP contribution in [0.2, 0.25) is 0 Å². The van der Waals surface area contributed by atoms with E-state index in [1.807, 2.05) is 59.5 Å². The Labute approximate surface area is 201 Å². The maximum Gasteiger partial charge on any atom is 0.253 e. The van der Waals surface area contributed by atoms with E-state index in [4.69, 9.17) is 9.73 Å². The first-order valence-corrected chi connectivity index (χ1v) is 12.0. The van der Waals surface area contributed by atoms with Gasteiger partial charge in [0.05, 0.1) is 5.56 Å². The molecule has 0 saturated carbocycles. The molecule has 2 aliphatic rings. The van der Waals surface area contributed by atoms with Crippen LogP contribution >= 0.6 is 0 Å². The average molecular weight is 454 g/mol. The molecule has 0 aliphatic carbocycles. The smallest absolute Gasteiger partial charge is 0.253 e. The van der Waals surface area contributed by atoms with Gasteiger partial charge in [-0.2, -0.15) is 0 Å². The molecule has 2 aliphatic heterocycles. The van der Waals surface area contributed by atoms with Crippen molar-refractivity contribution in [2.75, 3.05) is 26.2 Å². The lowest BCUT2D eigenvalue weighted by Crippen LogP contribution is -2.37. The van der Waals surface area contributed by atoms with Crippen LogP contribution in [0.25, 0.3) is 0 Å². The Morgan fingerprint density at radius 2 is 1.53 bits per heavy atom. The second kappa shape index (κ2) is 8.98. The number of rotatable bonds is 1. The standard InChI is InChI=1S/C29H31N3O2/c1-29(2,3)22-15-13-21(14-16-22)28(33)32-18-8-17-31(19-20-32)27-23-9-4-6-11-25(23)34-26-12-7-5-10-24(26)30-27/h4-7,9-16H,8,17-20H2,1-3H3. The van der Waals surface area contributed by atoms with Crippen molar-refractivity contribution in [3.05, 3.63) is 89.5 Å². The first kappa shape index (κ1) is 22.2. The van der Waals surface area contributed by atoms with E-state index >= 15 is 0 Å². The zero-order valence-electron chi connectivity index (χ0n) is 20.1. The van der Waals surface area contributed by atoms with Crippen LogP contribution in [-0.2, 0) is 5.41 Å². The summed E-state index contributed by atoms with van der Waals surface area (Å²) in [7, 11) is 0. The molecule has 0 radical (unpaired) electrons. The van der Waals surface area contributed by atoms with Gasteiger partial charge in [0.2, 0.25) is 0 Å². The number of ether oxygens (including phenoxy) is 1. The molecule has 5 rings (SSSR count). The summed E-state index contributed by atoms with van der Waals surface area (Å²) in [6.07, 6.45) is 0.884. The lowest BCUT2D eigenvalue weighted by Gasteiger charge is -2.25. The number of hydrogen-bond acceptors (Lipinski definition) is 4. The minimum absolute atomic E-state index is 0.0722. The predicted molar refractivity (Wildman–Crippen MR) is 136 cm³/mol. The summed E-state index contributed by atoms with van der Waals surface area (Å²) in [5, 5.41) is 0. The Bertz CT molecular complexity index is 1220. The summed E-state index contributed by atoms with van der Waals surface area (Å²) in [5.41, 5.74) is 3.86. The molecule has 5 nitrogen and oxygen atoms in total. The fourth-order valence-electron chi connectivity index (χ4n) is 4.54. The van der Waals surface area contributed by atoms with E-state index in [0.717, 1.165) is 60.2 Å². The number of hydrogen-bond donors (Lipinski definition) is 0. The second-order valence-electron chi connectivity index (χ2n) is 9.96. The van der Waals surface area contributed by atoms with Crippen molar-refractivity contribution < 1.29 is 9.53 Å². The summed E-state index contributed by atoms with van der Waals surface area (Å²) in [6.45, 7) is 9.51. The molecule has 3 aromatic carbocycles. The van der Waals surface area contributed by atoms with Gasteiger partial charge in [-0.25, -0.2) is 4.99 Å². The van der Waals surface area contributed by atoms with Gasteiger partial charge in [0.25, 0.3) is 5.91 Å². The molecule has 5 heteroatoms. The minimum atomic E-state index is 0.0722. The highest BCUT2D eigenvalue weighted by atomic mass is 16.5. The van der Waals surface area contributed by atoms with Crippen LogP contribution in [0, 0.1) is 0 Å². The summed E-state index contributed by atoms with van der Waals surface area (Å²) in [5.74, 6) is 2.57. The average Bonchev–Trinajstić information content (AvgIpc) is 3.18. The van der Waals surface area contributed by atoms with Crippen LogP contribution in [0.15, 0.2) is 77.8 Å². The maximum absolute atomic E-state index is 13.3. The van der Waals surface area contributed by atoms with E-state index in [1.54, 1.807) is 0 Å². The Kier molecular flexibility index (Phi) is 5.86. The predicted octanol–water partition coefficient (Wildman–Crippen LogP) is 6.02. The van der Waals surface area contributed by atoms with Gasteiger partial charge in [-0.1, -0.05) is 57.2 Å². The summed E-state index contributed by atoms with van der Waals surface area (Å²) in [4.78, 5) is 22.6. The zero-order chi connectivity index (χ0) is 23.7. The number of amides is 1. The molecule has 0 aromatic heterocycles. The number of amidine groups is 1. The maximum atomic E-state index is 13.3. The Morgan fingerprint density at radius 1 is 0.824 bits per heavy atom. The highest BCUT2D eigenvalue weighted by Crippen LogP contribution is 2.38. The van der Waals surface area contributed by atoms with Gasteiger partial charge < -0.3 is 14.5 Å². The molecule has 1 saturated heterocycles. The molecule has 1 fully saturated rings. The van der Waals surface area contributed by atoms with Crippen LogP contribution in [0.1, 0.15) is 48.7 Å². The van der Waals surface area contributed by atoms with Crippen LogP contribution in [0.5, 0.6) is 11.5 Å². The van der Waals surface area contributed by atoms with Crippen LogP contribution in [0.3, 0.4) is 0 Å². The molecule has 174 valence electrons. The van der Waals surface area contributed by atoms with E-state index in [1.165, 1.54) is 5.56 Å². The molecule has 3 aromatic rings. The molecule has 1 amide bonds. The molecular weight excluding hydrogens is 422 g/mol. The zero-order valence-corrected chi connectivity index (χ0v) is 20.1. The third kappa shape index (κ3) is 4.43. The highest BCUT2D eigenvalue weighted by molar-refractivity contribution is 6.03. The number of carbonyl (C=O) groups is 1. The van der Waals surface area contributed by atoms with Crippen LogP contribution < -0.4 is 4.74 Å². The quantitative estimate of drug-likeness (QED) is 0.453. The van der Waals surface area contributed by atoms with Crippen molar-refractivity contribution in [1.82, 2.24) is 9.80 Å². The molecule has 0 N–H and O–H groups in total. The van der Waals surface area contributed by atoms with E-state index in [-0.39, 0.29) is 11.3 Å². The Morgan fingerprint density at radius 3 is 2.29 bits per heavy atom. The molecule has 34 heavy (non-hydrogen) atoms. The van der Waals surface area contributed by atoms with E-state index in [0.29, 0.717) is 6.54 Å². The summed E-state index contributed by atoms with van der Waals surface area (Å²) >= 11 is 0. The van der Waals surface area contributed by atoms with Crippen molar-refractivity contribution in [1.29, 1.82) is 0 Å². The largest absolute Gasteiger partial charge is 0.454 e. The van der Waals surface area contributed by atoms with Gasteiger partial charge in [-0.05, 0) is 53.8 Å². The lowest BCUT2D eigenvalue weighted by molar-refractivity contribution is 0.0764. The first-order valence-electron chi connectivity index (χ1n) is 12.0. The molecule has 0 spiro atoms. The number of nitrogens with zero attached hydrogens (tertiary/aromatic N) is 3. The molecule has 0 atom stereocenters. The summed E-state index contributed by atoms with van der Waals surface area (Å²) in [6, 6.07) is 24.0. The highest BCUT2D eigenvalue weighted by Gasteiger charge is 2.26. The summed E-state index contributed by atoms with van der Waals surface area (Å²) < 4.78 is 6.20. The first-order chi connectivity index (χ1) is 16.4. The number of para-hydroxylation sites is 3. The van der Waals surface area contributed by atoms with Gasteiger partial charge in [0.15, 0.2) is 5.75 Å². The minimum Gasteiger partial charge on any atom is -0.454 e. The third-order valence-corrected chi connectivity index (χ3v) is 6.52. The second-order valence-corrected chi connectivity index (χ2v) is 9.96. The monoisotopic (exact) mass is 453 g/mol. The number of fused-ring (bicyclic) bond motifs is 2. The Hall–Kier alpha value is -3.60. The van der Waals surface area contributed by atoms with Gasteiger partial charge in [-0.15, -0.1) is 0 Å². The molecule has 0 unspecified atom stereocenters. The number of benzene rings is 3.